The van der Waals surface area contributed by atoms with Crippen molar-refractivity contribution in [3.05, 3.63) is 29.8 Å². The van der Waals surface area contributed by atoms with Gasteiger partial charge in [0, 0.05) is 12.0 Å². The van der Waals surface area contributed by atoms with Crippen molar-refractivity contribution in [3.63, 3.8) is 0 Å². The van der Waals surface area contributed by atoms with Crippen LogP contribution in [-0.4, -0.2) is 29.1 Å². The molecule has 0 amide bonds. The first kappa shape index (κ1) is 10.5. The number of nitrogens with zero attached hydrogens (tertiary/aromatic N) is 1. The topological polar surface area (TPSA) is 23.5 Å². The van der Waals surface area contributed by atoms with Crippen molar-refractivity contribution in [2.75, 3.05) is 13.1 Å². The van der Waals surface area contributed by atoms with Crippen molar-refractivity contribution in [3.8, 4) is 5.75 Å². The Morgan fingerprint density at radius 2 is 1.93 bits per heavy atom. The summed E-state index contributed by atoms with van der Waals surface area (Å²) in [6.07, 6.45) is 1.19. The Morgan fingerprint density at radius 1 is 1.27 bits per heavy atom. The molecule has 2 rings (SSSR count). The summed E-state index contributed by atoms with van der Waals surface area (Å²) in [7, 11) is 0. The van der Waals surface area contributed by atoms with Gasteiger partial charge < -0.3 is 10.0 Å². The van der Waals surface area contributed by atoms with Crippen LogP contribution < -0.4 is 0 Å². The van der Waals surface area contributed by atoms with Gasteiger partial charge in [-0.15, -0.1) is 0 Å². The molecule has 0 bridgehead atoms. The zero-order valence-electron chi connectivity index (χ0n) is 9.48. The molecule has 15 heavy (non-hydrogen) atoms. The Hall–Kier alpha value is -1.02. The number of phenols is 1. The van der Waals surface area contributed by atoms with Crippen molar-refractivity contribution >= 4 is 0 Å². The Balaban J connectivity index is 2.07. The maximum absolute atomic E-state index is 9.75. The van der Waals surface area contributed by atoms with E-state index in [-0.39, 0.29) is 0 Å². The molecule has 1 aliphatic carbocycles. The van der Waals surface area contributed by atoms with Crippen molar-refractivity contribution in [2.45, 2.75) is 32.2 Å². The summed E-state index contributed by atoms with van der Waals surface area (Å²) in [6, 6.07) is 8.37. The van der Waals surface area contributed by atoms with E-state index in [1.54, 1.807) is 6.07 Å². The molecule has 0 saturated heterocycles. The Bertz CT molecular complexity index is 333. The van der Waals surface area contributed by atoms with Crippen LogP contribution in [0.3, 0.4) is 0 Å². The molecule has 1 saturated carbocycles. The molecule has 1 aromatic carbocycles. The molecule has 2 heteroatoms. The van der Waals surface area contributed by atoms with E-state index >= 15 is 0 Å². The third kappa shape index (κ3) is 2.00. The summed E-state index contributed by atoms with van der Waals surface area (Å²) in [5, 5.41) is 9.75. The molecule has 0 spiro atoms. The van der Waals surface area contributed by atoms with Crippen molar-refractivity contribution < 1.29 is 5.11 Å². The summed E-state index contributed by atoms with van der Waals surface area (Å²) in [6.45, 7) is 6.60. The van der Waals surface area contributed by atoms with E-state index < -0.39 is 0 Å². The SMILES string of the molecule is CCN(CC)[C@H]1C[C@@H]1c1ccccc1O. The largest absolute Gasteiger partial charge is 0.508 e. The minimum atomic E-state index is 0.456. The molecular weight excluding hydrogens is 186 g/mol. The van der Waals surface area contributed by atoms with E-state index in [0.29, 0.717) is 17.7 Å². The molecule has 1 aromatic rings. The van der Waals surface area contributed by atoms with Gasteiger partial charge in [-0.3, -0.25) is 0 Å². The first-order valence-corrected chi connectivity index (χ1v) is 5.79. The lowest BCUT2D eigenvalue weighted by molar-refractivity contribution is 0.288. The molecular formula is C13H19NO. The number of para-hydroxylation sites is 1. The van der Waals surface area contributed by atoms with Crippen molar-refractivity contribution in [1.29, 1.82) is 0 Å². The first-order chi connectivity index (χ1) is 7.27. The van der Waals surface area contributed by atoms with Gasteiger partial charge >= 0.3 is 0 Å². The van der Waals surface area contributed by atoms with Crippen LogP contribution in [0.5, 0.6) is 5.75 Å². The van der Waals surface area contributed by atoms with Crippen LogP contribution >= 0.6 is 0 Å². The van der Waals surface area contributed by atoms with Gasteiger partial charge in [-0.25, -0.2) is 0 Å². The summed E-state index contributed by atoms with van der Waals surface area (Å²) in [5.41, 5.74) is 1.12. The van der Waals surface area contributed by atoms with Crippen LogP contribution in [0.4, 0.5) is 0 Å². The molecule has 2 atom stereocenters. The molecule has 0 aliphatic heterocycles. The number of aromatic hydroxyl groups is 1. The van der Waals surface area contributed by atoms with E-state index in [0.717, 1.165) is 18.7 Å². The summed E-state index contributed by atoms with van der Waals surface area (Å²) in [4.78, 5) is 2.47. The third-order valence-corrected chi connectivity index (χ3v) is 3.37. The highest BCUT2D eigenvalue weighted by molar-refractivity contribution is 5.39. The zero-order valence-corrected chi connectivity index (χ0v) is 9.48. The van der Waals surface area contributed by atoms with E-state index in [2.05, 4.69) is 18.7 Å². The van der Waals surface area contributed by atoms with E-state index in [9.17, 15) is 5.11 Å². The summed E-state index contributed by atoms with van der Waals surface area (Å²) < 4.78 is 0. The average Bonchev–Trinajstić information content (AvgIpc) is 3.01. The van der Waals surface area contributed by atoms with E-state index in [1.807, 2.05) is 18.2 Å². The number of rotatable bonds is 4. The molecule has 2 nitrogen and oxygen atoms in total. The average molecular weight is 205 g/mol. The number of benzene rings is 1. The van der Waals surface area contributed by atoms with Crippen LogP contribution in [0.2, 0.25) is 0 Å². The van der Waals surface area contributed by atoms with Gasteiger partial charge in [0.1, 0.15) is 5.75 Å². The fourth-order valence-electron chi connectivity index (χ4n) is 2.41. The molecule has 0 radical (unpaired) electrons. The van der Waals surface area contributed by atoms with E-state index in [1.165, 1.54) is 6.42 Å². The van der Waals surface area contributed by atoms with Gasteiger partial charge in [0.25, 0.3) is 0 Å². The van der Waals surface area contributed by atoms with Crippen molar-refractivity contribution in [1.82, 2.24) is 4.90 Å². The third-order valence-electron chi connectivity index (χ3n) is 3.37. The number of hydrogen-bond acceptors (Lipinski definition) is 2. The maximum Gasteiger partial charge on any atom is 0.119 e. The maximum atomic E-state index is 9.75. The molecule has 0 unspecified atom stereocenters. The van der Waals surface area contributed by atoms with Gasteiger partial charge in [0.2, 0.25) is 0 Å². The molecule has 82 valence electrons. The second-order valence-electron chi connectivity index (χ2n) is 4.19. The lowest BCUT2D eigenvalue weighted by Crippen LogP contribution is -2.26. The Kier molecular flexibility index (Phi) is 2.96. The monoisotopic (exact) mass is 205 g/mol. The predicted molar refractivity (Wildman–Crippen MR) is 62.2 cm³/mol. The lowest BCUT2D eigenvalue weighted by atomic mass is 10.1. The van der Waals surface area contributed by atoms with Gasteiger partial charge in [0.15, 0.2) is 0 Å². The van der Waals surface area contributed by atoms with Gasteiger partial charge in [0.05, 0.1) is 0 Å². The number of hydrogen-bond donors (Lipinski definition) is 1. The highest BCUT2D eigenvalue weighted by Crippen LogP contribution is 2.47. The normalized spacial score (nSPS) is 24.5. The van der Waals surface area contributed by atoms with Gasteiger partial charge in [-0.1, -0.05) is 32.0 Å². The second kappa shape index (κ2) is 4.23. The zero-order chi connectivity index (χ0) is 10.8. The first-order valence-electron chi connectivity index (χ1n) is 5.79. The predicted octanol–water partition coefficient (Wildman–Crippen LogP) is 2.59. The summed E-state index contributed by atoms with van der Waals surface area (Å²) in [5.74, 6) is 1.00. The minimum absolute atomic E-state index is 0.456. The van der Waals surface area contributed by atoms with E-state index in [4.69, 9.17) is 0 Å². The van der Waals surface area contributed by atoms with Crippen LogP contribution in [0.25, 0.3) is 0 Å². The molecule has 1 N–H and O–H groups in total. The van der Waals surface area contributed by atoms with Gasteiger partial charge in [-0.2, -0.15) is 0 Å². The fraction of sp³-hybridized carbons (Fsp3) is 0.538. The van der Waals surface area contributed by atoms with Crippen LogP contribution in [0.15, 0.2) is 24.3 Å². The highest BCUT2D eigenvalue weighted by atomic mass is 16.3. The molecule has 0 aromatic heterocycles. The van der Waals surface area contributed by atoms with Crippen molar-refractivity contribution in [2.24, 2.45) is 0 Å². The van der Waals surface area contributed by atoms with Crippen LogP contribution in [-0.2, 0) is 0 Å². The molecule has 1 aliphatic rings. The Labute approximate surface area is 91.5 Å². The highest BCUT2D eigenvalue weighted by Gasteiger charge is 2.42. The molecule has 0 heterocycles. The number of likely N-dealkylation sites (N-methyl/N-ethyl adjacent to an activating group) is 1. The van der Waals surface area contributed by atoms with Crippen LogP contribution in [0, 0.1) is 0 Å². The van der Waals surface area contributed by atoms with Crippen LogP contribution in [0.1, 0.15) is 31.7 Å². The Morgan fingerprint density at radius 3 is 2.53 bits per heavy atom. The smallest absolute Gasteiger partial charge is 0.119 e. The fourth-order valence-corrected chi connectivity index (χ4v) is 2.41. The molecule has 1 fully saturated rings. The van der Waals surface area contributed by atoms with Gasteiger partial charge in [-0.05, 0) is 31.1 Å². The minimum Gasteiger partial charge on any atom is -0.508 e. The second-order valence-corrected chi connectivity index (χ2v) is 4.19. The number of phenolic OH excluding ortho intramolecular Hbond substituents is 1. The summed E-state index contributed by atoms with van der Waals surface area (Å²) >= 11 is 0. The standard InChI is InChI=1S/C13H19NO/c1-3-14(4-2)12-9-11(12)10-7-5-6-8-13(10)15/h5-8,11-12,15H,3-4,9H2,1-2H3/t11-,12+/m1/s1. The lowest BCUT2D eigenvalue weighted by Gasteiger charge is -2.18. The quantitative estimate of drug-likeness (QED) is 0.816.